The lowest BCUT2D eigenvalue weighted by Gasteiger charge is -2.33. The molecule has 1 saturated carbocycles. The Hall–Kier alpha value is -1.16. The second-order valence-electron chi connectivity index (χ2n) is 5.01. The van der Waals surface area contributed by atoms with Crippen molar-refractivity contribution in [2.24, 2.45) is 5.73 Å². The molecule has 0 aliphatic heterocycles. The smallest absolute Gasteiger partial charge is 0.149 e. The largest absolute Gasteiger partial charge is 0.367 e. The van der Waals surface area contributed by atoms with Crippen molar-refractivity contribution in [3.8, 4) is 0 Å². The zero-order chi connectivity index (χ0) is 13.1. The van der Waals surface area contributed by atoms with Gasteiger partial charge < -0.3 is 10.6 Å². The van der Waals surface area contributed by atoms with Gasteiger partial charge in [0.2, 0.25) is 0 Å². The fourth-order valence-corrected chi connectivity index (χ4v) is 2.72. The minimum atomic E-state index is -0.511. The number of nitrogens with zero attached hydrogens (tertiary/aromatic N) is 1. The molecule has 0 saturated heterocycles. The average Bonchev–Trinajstić information content (AvgIpc) is 2.38. The number of halogens is 2. The van der Waals surface area contributed by atoms with Gasteiger partial charge in [0.05, 0.1) is 0 Å². The first kappa shape index (κ1) is 13.3. The SMILES string of the molecule is CN(c1c(F)cc(CN)cc1F)C1CCCCC1. The molecule has 0 unspecified atom stereocenters. The van der Waals surface area contributed by atoms with E-state index in [4.69, 9.17) is 5.73 Å². The maximum atomic E-state index is 14.0. The summed E-state index contributed by atoms with van der Waals surface area (Å²) >= 11 is 0. The third-order valence-electron chi connectivity index (χ3n) is 3.79. The van der Waals surface area contributed by atoms with E-state index in [0.29, 0.717) is 5.56 Å². The van der Waals surface area contributed by atoms with Crippen molar-refractivity contribution in [3.63, 3.8) is 0 Å². The number of hydrogen-bond acceptors (Lipinski definition) is 2. The quantitative estimate of drug-likeness (QED) is 0.897. The maximum Gasteiger partial charge on any atom is 0.149 e. The molecule has 0 heterocycles. The van der Waals surface area contributed by atoms with Crippen LogP contribution < -0.4 is 10.6 Å². The molecule has 18 heavy (non-hydrogen) atoms. The van der Waals surface area contributed by atoms with E-state index in [9.17, 15) is 8.78 Å². The van der Waals surface area contributed by atoms with Crippen molar-refractivity contribution in [2.75, 3.05) is 11.9 Å². The Morgan fingerprint density at radius 2 is 1.72 bits per heavy atom. The van der Waals surface area contributed by atoms with Gasteiger partial charge in [-0.2, -0.15) is 0 Å². The number of nitrogens with two attached hydrogens (primary N) is 1. The zero-order valence-corrected chi connectivity index (χ0v) is 10.8. The van der Waals surface area contributed by atoms with Gasteiger partial charge in [-0.05, 0) is 30.5 Å². The van der Waals surface area contributed by atoms with E-state index in [1.807, 2.05) is 0 Å². The van der Waals surface area contributed by atoms with Crippen molar-refractivity contribution >= 4 is 5.69 Å². The van der Waals surface area contributed by atoms with Gasteiger partial charge in [0, 0.05) is 19.6 Å². The molecule has 1 aliphatic rings. The van der Waals surface area contributed by atoms with Crippen LogP contribution >= 0.6 is 0 Å². The molecule has 1 aliphatic carbocycles. The van der Waals surface area contributed by atoms with Gasteiger partial charge in [-0.1, -0.05) is 19.3 Å². The van der Waals surface area contributed by atoms with E-state index in [2.05, 4.69) is 0 Å². The van der Waals surface area contributed by atoms with Gasteiger partial charge in [-0.3, -0.25) is 0 Å². The van der Waals surface area contributed by atoms with E-state index in [0.717, 1.165) is 25.7 Å². The van der Waals surface area contributed by atoms with Crippen LogP contribution in [0.25, 0.3) is 0 Å². The summed E-state index contributed by atoms with van der Waals surface area (Å²) in [6.45, 7) is 0.154. The Morgan fingerprint density at radius 3 is 2.22 bits per heavy atom. The second kappa shape index (κ2) is 5.65. The minimum Gasteiger partial charge on any atom is -0.367 e. The van der Waals surface area contributed by atoms with E-state index < -0.39 is 11.6 Å². The fraction of sp³-hybridized carbons (Fsp3) is 0.571. The van der Waals surface area contributed by atoms with E-state index in [1.54, 1.807) is 11.9 Å². The monoisotopic (exact) mass is 254 g/mol. The van der Waals surface area contributed by atoms with Crippen LogP contribution in [0.15, 0.2) is 12.1 Å². The van der Waals surface area contributed by atoms with Crippen LogP contribution in [0, 0.1) is 11.6 Å². The summed E-state index contributed by atoms with van der Waals surface area (Å²) in [5.41, 5.74) is 5.98. The van der Waals surface area contributed by atoms with Gasteiger partial charge in [0.25, 0.3) is 0 Å². The number of anilines is 1. The molecule has 0 aromatic heterocycles. The summed E-state index contributed by atoms with van der Waals surface area (Å²) in [6, 6.07) is 2.90. The van der Waals surface area contributed by atoms with Gasteiger partial charge >= 0.3 is 0 Å². The molecule has 1 aromatic rings. The molecule has 0 radical (unpaired) electrons. The van der Waals surface area contributed by atoms with Crippen LogP contribution in [-0.2, 0) is 6.54 Å². The summed E-state index contributed by atoms with van der Waals surface area (Å²) in [7, 11) is 1.78. The highest BCUT2D eigenvalue weighted by molar-refractivity contribution is 5.51. The Bertz CT molecular complexity index is 391. The molecule has 0 amide bonds. The topological polar surface area (TPSA) is 29.3 Å². The highest BCUT2D eigenvalue weighted by atomic mass is 19.1. The van der Waals surface area contributed by atoms with Crippen molar-refractivity contribution in [3.05, 3.63) is 29.3 Å². The Balaban J connectivity index is 2.26. The Labute approximate surface area is 107 Å². The van der Waals surface area contributed by atoms with Crippen LogP contribution in [0.1, 0.15) is 37.7 Å². The Kier molecular flexibility index (Phi) is 4.17. The molecule has 0 atom stereocenters. The normalized spacial score (nSPS) is 16.9. The fourth-order valence-electron chi connectivity index (χ4n) is 2.72. The van der Waals surface area contributed by atoms with Gasteiger partial charge in [0.15, 0.2) is 0 Å². The number of benzene rings is 1. The molecule has 2 N–H and O–H groups in total. The first-order valence-corrected chi connectivity index (χ1v) is 6.54. The lowest BCUT2D eigenvalue weighted by Crippen LogP contribution is -2.34. The number of rotatable bonds is 3. The molecule has 4 heteroatoms. The molecular formula is C14H20F2N2. The van der Waals surface area contributed by atoms with Gasteiger partial charge in [-0.25, -0.2) is 8.78 Å². The molecule has 2 nitrogen and oxygen atoms in total. The molecule has 0 bridgehead atoms. The predicted octanol–water partition coefficient (Wildman–Crippen LogP) is 3.19. The predicted molar refractivity (Wildman–Crippen MR) is 69.5 cm³/mol. The molecule has 0 spiro atoms. The average molecular weight is 254 g/mol. The molecule has 1 fully saturated rings. The number of hydrogen-bond donors (Lipinski definition) is 1. The van der Waals surface area contributed by atoms with Gasteiger partial charge in [-0.15, -0.1) is 0 Å². The molecule has 1 aromatic carbocycles. The highest BCUT2D eigenvalue weighted by Gasteiger charge is 2.23. The lowest BCUT2D eigenvalue weighted by atomic mass is 9.94. The molecular weight excluding hydrogens is 234 g/mol. The van der Waals surface area contributed by atoms with Crippen LogP contribution in [-0.4, -0.2) is 13.1 Å². The standard InChI is InChI=1S/C14H20F2N2/c1-18(11-5-3-2-4-6-11)14-12(15)7-10(9-17)8-13(14)16/h7-8,11H,2-6,9,17H2,1H3. The summed E-state index contributed by atoms with van der Waals surface area (Å²) in [5, 5.41) is 0. The molecule has 2 rings (SSSR count). The first-order valence-electron chi connectivity index (χ1n) is 6.54. The van der Waals surface area contributed by atoms with Crippen molar-refractivity contribution in [2.45, 2.75) is 44.7 Å². The zero-order valence-electron chi connectivity index (χ0n) is 10.8. The van der Waals surface area contributed by atoms with E-state index >= 15 is 0 Å². The Morgan fingerprint density at radius 1 is 1.17 bits per heavy atom. The molecule has 100 valence electrons. The van der Waals surface area contributed by atoms with Crippen LogP contribution in [0.4, 0.5) is 14.5 Å². The first-order chi connectivity index (χ1) is 8.63. The maximum absolute atomic E-state index is 14.0. The van der Waals surface area contributed by atoms with E-state index in [-0.39, 0.29) is 18.3 Å². The van der Waals surface area contributed by atoms with Gasteiger partial charge in [0.1, 0.15) is 17.3 Å². The summed E-state index contributed by atoms with van der Waals surface area (Å²) in [4.78, 5) is 1.75. The highest BCUT2D eigenvalue weighted by Crippen LogP contribution is 2.30. The van der Waals surface area contributed by atoms with E-state index in [1.165, 1.54) is 18.6 Å². The second-order valence-corrected chi connectivity index (χ2v) is 5.01. The summed E-state index contributed by atoms with van der Waals surface area (Å²) in [5.74, 6) is -1.02. The van der Waals surface area contributed by atoms with Crippen molar-refractivity contribution in [1.82, 2.24) is 0 Å². The third kappa shape index (κ3) is 2.64. The van der Waals surface area contributed by atoms with Crippen LogP contribution in [0.2, 0.25) is 0 Å². The summed E-state index contributed by atoms with van der Waals surface area (Å²) in [6.07, 6.45) is 5.52. The lowest BCUT2D eigenvalue weighted by molar-refractivity contribution is 0.420. The van der Waals surface area contributed by atoms with Crippen LogP contribution in [0.3, 0.4) is 0 Å². The van der Waals surface area contributed by atoms with Crippen molar-refractivity contribution in [1.29, 1.82) is 0 Å². The summed E-state index contributed by atoms with van der Waals surface area (Å²) < 4.78 is 27.9. The van der Waals surface area contributed by atoms with Crippen LogP contribution in [0.5, 0.6) is 0 Å². The third-order valence-corrected chi connectivity index (χ3v) is 3.79. The van der Waals surface area contributed by atoms with Crippen molar-refractivity contribution < 1.29 is 8.78 Å². The minimum absolute atomic E-state index is 0.0825.